The van der Waals surface area contributed by atoms with Crippen molar-refractivity contribution in [2.45, 2.75) is 32.9 Å². The van der Waals surface area contributed by atoms with Crippen LogP contribution in [0, 0.1) is 0 Å². The first-order chi connectivity index (χ1) is 10.6. The van der Waals surface area contributed by atoms with Crippen LogP contribution in [0.2, 0.25) is 5.02 Å². The quantitative estimate of drug-likeness (QED) is 0.815. The first kappa shape index (κ1) is 17.5. The van der Waals surface area contributed by atoms with Crippen LogP contribution < -0.4 is 0 Å². The largest absolute Gasteiger partial charge is 0.396 e. The van der Waals surface area contributed by atoms with Crippen molar-refractivity contribution in [3.63, 3.8) is 0 Å². The van der Waals surface area contributed by atoms with Gasteiger partial charge in [-0.15, -0.1) is 0 Å². The van der Waals surface area contributed by atoms with E-state index in [1.807, 2.05) is 18.2 Å². The van der Waals surface area contributed by atoms with E-state index in [1.54, 1.807) is 0 Å². The monoisotopic (exact) mass is 322 g/mol. The molecule has 1 heterocycles. The summed E-state index contributed by atoms with van der Waals surface area (Å²) in [6.07, 6.45) is 3.10. The molecule has 2 rings (SSSR count). The lowest BCUT2D eigenvalue weighted by molar-refractivity contribution is 0.0637. The lowest BCUT2D eigenvalue weighted by Crippen LogP contribution is -2.53. The van der Waals surface area contributed by atoms with Gasteiger partial charge in [0.05, 0.1) is 0 Å². The third kappa shape index (κ3) is 5.10. The van der Waals surface area contributed by atoms with Crippen LogP contribution in [0.5, 0.6) is 0 Å². The Morgan fingerprint density at radius 3 is 2.77 bits per heavy atom. The van der Waals surface area contributed by atoms with E-state index in [0.29, 0.717) is 6.04 Å². The number of benzene rings is 1. The minimum atomic E-state index is 0.246. The zero-order chi connectivity index (χ0) is 15.9. The van der Waals surface area contributed by atoms with Gasteiger partial charge in [-0.25, -0.2) is 0 Å². The average molecular weight is 323 g/mol. The number of halogens is 1. The van der Waals surface area contributed by atoms with Gasteiger partial charge in [-0.3, -0.25) is 9.80 Å². The molecular formula is C18H27ClN2O. The number of hydrogen-bond donors (Lipinski definition) is 1. The Hall–Kier alpha value is -0.870. The van der Waals surface area contributed by atoms with Crippen molar-refractivity contribution >= 4 is 11.6 Å². The molecule has 1 aromatic rings. The minimum absolute atomic E-state index is 0.246. The molecule has 1 N–H and O–H groups in total. The van der Waals surface area contributed by atoms with Crippen molar-refractivity contribution < 1.29 is 5.11 Å². The summed E-state index contributed by atoms with van der Waals surface area (Å²) < 4.78 is 0. The van der Waals surface area contributed by atoms with Gasteiger partial charge < -0.3 is 5.11 Å². The molecule has 0 aromatic heterocycles. The van der Waals surface area contributed by atoms with Crippen LogP contribution in [0.25, 0.3) is 0 Å². The zero-order valence-electron chi connectivity index (χ0n) is 13.6. The molecule has 122 valence electrons. The van der Waals surface area contributed by atoms with Crippen molar-refractivity contribution in [2.24, 2.45) is 0 Å². The first-order valence-corrected chi connectivity index (χ1v) is 8.42. The van der Waals surface area contributed by atoms with Gasteiger partial charge in [0, 0.05) is 50.4 Å². The van der Waals surface area contributed by atoms with Crippen LogP contribution in [0.4, 0.5) is 0 Å². The molecule has 3 nitrogen and oxygen atoms in total. The molecule has 1 saturated heterocycles. The SMILES string of the molecule is CC(C)=CCN1CCN(Cc2ccccc2Cl)C[C@@H]1CCO. The lowest BCUT2D eigenvalue weighted by Gasteiger charge is -2.41. The van der Waals surface area contributed by atoms with Crippen LogP contribution in [-0.2, 0) is 6.54 Å². The Labute approximate surface area is 139 Å². The van der Waals surface area contributed by atoms with Crippen molar-refractivity contribution in [3.05, 3.63) is 46.5 Å². The maximum Gasteiger partial charge on any atom is 0.0451 e. The highest BCUT2D eigenvalue weighted by Crippen LogP contribution is 2.20. The smallest absolute Gasteiger partial charge is 0.0451 e. The first-order valence-electron chi connectivity index (χ1n) is 8.04. The van der Waals surface area contributed by atoms with E-state index in [-0.39, 0.29) is 6.61 Å². The lowest BCUT2D eigenvalue weighted by atomic mass is 10.1. The Morgan fingerprint density at radius 1 is 1.32 bits per heavy atom. The van der Waals surface area contributed by atoms with E-state index in [9.17, 15) is 5.11 Å². The summed E-state index contributed by atoms with van der Waals surface area (Å²) in [5, 5.41) is 10.2. The van der Waals surface area contributed by atoms with Gasteiger partial charge >= 0.3 is 0 Å². The van der Waals surface area contributed by atoms with Crippen molar-refractivity contribution in [1.82, 2.24) is 9.80 Å². The maximum absolute atomic E-state index is 9.35. The summed E-state index contributed by atoms with van der Waals surface area (Å²) >= 11 is 6.27. The number of rotatable bonds is 6. The molecule has 1 aromatic carbocycles. The van der Waals surface area contributed by atoms with Crippen LogP contribution in [0.1, 0.15) is 25.8 Å². The van der Waals surface area contributed by atoms with E-state index in [4.69, 9.17) is 11.6 Å². The molecule has 0 unspecified atom stereocenters. The van der Waals surface area contributed by atoms with Gasteiger partial charge in [-0.2, -0.15) is 0 Å². The van der Waals surface area contributed by atoms with Crippen LogP contribution in [-0.4, -0.2) is 53.7 Å². The summed E-state index contributed by atoms with van der Waals surface area (Å²) in [5.41, 5.74) is 2.53. The van der Waals surface area contributed by atoms with E-state index in [2.05, 4.69) is 35.8 Å². The van der Waals surface area contributed by atoms with E-state index in [1.165, 1.54) is 11.1 Å². The fourth-order valence-corrected chi connectivity index (χ4v) is 3.13. The maximum atomic E-state index is 9.35. The molecule has 0 saturated carbocycles. The molecular weight excluding hydrogens is 296 g/mol. The highest BCUT2D eigenvalue weighted by Gasteiger charge is 2.26. The van der Waals surface area contributed by atoms with Gasteiger partial charge in [-0.1, -0.05) is 41.4 Å². The number of allylic oxidation sites excluding steroid dienone is 1. The molecule has 0 aliphatic carbocycles. The van der Waals surface area contributed by atoms with Gasteiger partial charge in [0.15, 0.2) is 0 Å². The Bertz CT molecular complexity index is 500. The van der Waals surface area contributed by atoms with Gasteiger partial charge in [0.25, 0.3) is 0 Å². The fraction of sp³-hybridized carbons (Fsp3) is 0.556. The van der Waals surface area contributed by atoms with Crippen LogP contribution >= 0.6 is 11.6 Å². The van der Waals surface area contributed by atoms with Gasteiger partial charge in [-0.05, 0) is 31.9 Å². The highest BCUT2D eigenvalue weighted by molar-refractivity contribution is 6.31. The molecule has 0 radical (unpaired) electrons. The molecule has 0 spiro atoms. The normalized spacial score (nSPS) is 20.1. The van der Waals surface area contributed by atoms with Crippen molar-refractivity contribution in [3.8, 4) is 0 Å². The van der Waals surface area contributed by atoms with Crippen LogP contribution in [0.15, 0.2) is 35.9 Å². The second kappa shape index (κ2) is 8.68. The summed E-state index contributed by atoms with van der Waals surface area (Å²) in [7, 11) is 0. The second-order valence-electron chi connectivity index (χ2n) is 6.27. The number of piperazine rings is 1. The third-order valence-corrected chi connectivity index (χ3v) is 4.61. The molecule has 4 heteroatoms. The molecule has 1 fully saturated rings. The number of nitrogens with zero attached hydrogens (tertiary/aromatic N) is 2. The van der Waals surface area contributed by atoms with Crippen LogP contribution in [0.3, 0.4) is 0 Å². The summed E-state index contributed by atoms with van der Waals surface area (Å²) in [4.78, 5) is 4.92. The summed E-state index contributed by atoms with van der Waals surface area (Å²) in [5.74, 6) is 0. The standard InChI is InChI=1S/C18H27ClN2O/c1-15(2)7-9-21-11-10-20(14-17(21)8-12-22)13-16-5-3-4-6-18(16)19/h3-7,17,22H,8-14H2,1-2H3/t17-/m0/s1. The van der Waals surface area contributed by atoms with Gasteiger partial charge in [0.2, 0.25) is 0 Å². The third-order valence-electron chi connectivity index (χ3n) is 4.24. The number of aliphatic hydroxyl groups excluding tert-OH is 1. The predicted molar refractivity (Wildman–Crippen MR) is 93.2 cm³/mol. The fourth-order valence-electron chi connectivity index (χ4n) is 2.93. The van der Waals surface area contributed by atoms with E-state index in [0.717, 1.165) is 44.2 Å². The highest BCUT2D eigenvalue weighted by atomic mass is 35.5. The predicted octanol–water partition coefficient (Wildman–Crippen LogP) is 3.17. The zero-order valence-corrected chi connectivity index (χ0v) is 14.4. The topological polar surface area (TPSA) is 26.7 Å². The summed E-state index contributed by atoms with van der Waals surface area (Å²) in [6.45, 7) is 9.45. The molecule has 0 bridgehead atoms. The van der Waals surface area contributed by atoms with Crippen molar-refractivity contribution in [2.75, 3.05) is 32.8 Å². The summed E-state index contributed by atoms with van der Waals surface area (Å²) in [6, 6.07) is 8.47. The molecule has 1 aliphatic rings. The second-order valence-corrected chi connectivity index (χ2v) is 6.68. The Morgan fingerprint density at radius 2 is 2.09 bits per heavy atom. The molecule has 1 aliphatic heterocycles. The molecule has 22 heavy (non-hydrogen) atoms. The Balaban J connectivity index is 1.97. The molecule has 0 amide bonds. The average Bonchev–Trinajstić information content (AvgIpc) is 2.49. The number of hydrogen-bond acceptors (Lipinski definition) is 3. The molecule has 1 atom stereocenters. The minimum Gasteiger partial charge on any atom is -0.396 e. The van der Waals surface area contributed by atoms with Crippen molar-refractivity contribution in [1.29, 1.82) is 0 Å². The Kier molecular flexibility index (Phi) is 6.90. The van der Waals surface area contributed by atoms with E-state index >= 15 is 0 Å². The number of aliphatic hydroxyl groups is 1. The van der Waals surface area contributed by atoms with E-state index < -0.39 is 0 Å². The van der Waals surface area contributed by atoms with Gasteiger partial charge in [0.1, 0.15) is 0 Å².